The Morgan fingerprint density at radius 2 is 1.80 bits per heavy atom. The maximum Gasteiger partial charge on any atom is 0.359 e. The molecular weight excluding hydrogens is 524 g/mol. The summed E-state index contributed by atoms with van der Waals surface area (Å²) in [5.74, 6) is -3.70. The molecule has 0 atom stereocenters. The van der Waals surface area contributed by atoms with E-state index < -0.39 is 41.9 Å². The minimum atomic E-state index is -0.858. The van der Waals surface area contributed by atoms with Crippen LogP contribution in [0.4, 0.5) is 14.5 Å². The van der Waals surface area contributed by atoms with Crippen LogP contribution in [-0.2, 0) is 16.1 Å². The Kier molecular flexibility index (Phi) is 6.82. The maximum atomic E-state index is 15.3. The standard InChI is InChI=1S/C28H21F2N5O5/c1-13-24(28(39)40-12-22(31)36)35-25(33-13)19-8-7-17(20-11-32-27(38)23(19)20)18-6-5-16(10-21(18)30)34-26(37)14-3-2-4-15(29)9-14/h2-10H,11-12H2,1H3,(H2,31,36)(H,32,38)(H,33,35)(H,34,37). The molecule has 202 valence electrons. The summed E-state index contributed by atoms with van der Waals surface area (Å²) in [5.41, 5.74) is 7.33. The molecule has 5 rings (SSSR count). The minimum absolute atomic E-state index is 0.0746. The van der Waals surface area contributed by atoms with Gasteiger partial charge in [0.15, 0.2) is 12.3 Å². The summed E-state index contributed by atoms with van der Waals surface area (Å²) in [4.78, 5) is 55.7. The van der Waals surface area contributed by atoms with Crippen LogP contribution in [-0.4, -0.2) is 40.3 Å². The Morgan fingerprint density at radius 3 is 2.52 bits per heavy atom. The summed E-state index contributed by atoms with van der Waals surface area (Å²) in [6, 6.07) is 12.4. The lowest BCUT2D eigenvalue weighted by atomic mass is 9.92. The van der Waals surface area contributed by atoms with Crippen molar-refractivity contribution in [2.24, 2.45) is 5.73 Å². The van der Waals surface area contributed by atoms with Crippen molar-refractivity contribution in [3.05, 3.63) is 94.3 Å². The van der Waals surface area contributed by atoms with Gasteiger partial charge in [-0.25, -0.2) is 18.6 Å². The third-order valence-electron chi connectivity index (χ3n) is 6.25. The van der Waals surface area contributed by atoms with E-state index in [0.717, 1.165) is 12.1 Å². The van der Waals surface area contributed by atoms with Crippen LogP contribution >= 0.6 is 0 Å². The molecule has 1 aliphatic rings. The molecule has 0 unspecified atom stereocenters. The van der Waals surface area contributed by atoms with Crippen molar-refractivity contribution in [2.45, 2.75) is 13.5 Å². The second-order valence-corrected chi connectivity index (χ2v) is 8.96. The third kappa shape index (κ3) is 5.01. The topological polar surface area (TPSA) is 156 Å². The molecule has 10 nitrogen and oxygen atoms in total. The molecule has 5 N–H and O–H groups in total. The number of benzene rings is 3. The number of halogens is 2. The highest BCUT2D eigenvalue weighted by Crippen LogP contribution is 2.37. The first-order valence-corrected chi connectivity index (χ1v) is 12.0. The smallest absolute Gasteiger partial charge is 0.359 e. The van der Waals surface area contributed by atoms with Crippen LogP contribution < -0.4 is 16.4 Å². The van der Waals surface area contributed by atoms with Crippen LogP contribution in [0.25, 0.3) is 22.5 Å². The number of aromatic amines is 1. The van der Waals surface area contributed by atoms with Gasteiger partial charge in [-0.15, -0.1) is 0 Å². The van der Waals surface area contributed by atoms with Crippen LogP contribution in [0.15, 0.2) is 54.6 Å². The summed E-state index contributed by atoms with van der Waals surface area (Å²) in [7, 11) is 0. The first-order chi connectivity index (χ1) is 19.1. The molecule has 0 fully saturated rings. The van der Waals surface area contributed by atoms with E-state index in [1.54, 1.807) is 19.1 Å². The van der Waals surface area contributed by atoms with Crippen molar-refractivity contribution in [3.8, 4) is 22.5 Å². The number of H-pyrrole nitrogens is 1. The van der Waals surface area contributed by atoms with Gasteiger partial charge in [0.25, 0.3) is 17.7 Å². The summed E-state index contributed by atoms with van der Waals surface area (Å²) in [6.45, 7) is 1.10. The van der Waals surface area contributed by atoms with Gasteiger partial charge in [-0.2, -0.15) is 0 Å². The SMILES string of the molecule is Cc1[nH]c(-c2ccc(-c3ccc(NC(=O)c4cccc(F)c4)cc3F)c3c2C(=O)NC3)nc1C(=O)OCC(N)=O. The molecule has 1 aromatic heterocycles. The van der Waals surface area contributed by atoms with E-state index >= 15 is 4.39 Å². The number of nitrogens with one attached hydrogen (secondary N) is 3. The third-order valence-corrected chi connectivity index (χ3v) is 6.25. The highest BCUT2D eigenvalue weighted by molar-refractivity contribution is 6.07. The van der Waals surface area contributed by atoms with Gasteiger partial charge in [-0.05, 0) is 60.5 Å². The van der Waals surface area contributed by atoms with Crippen LogP contribution in [0.1, 0.15) is 42.5 Å². The number of carbonyl (C=O) groups excluding carboxylic acids is 4. The minimum Gasteiger partial charge on any atom is -0.451 e. The fourth-order valence-corrected chi connectivity index (χ4v) is 4.43. The van der Waals surface area contributed by atoms with Gasteiger partial charge in [-0.1, -0.05) is 12.1 Å². The summed E-state index contributed by atoms with van der Waals surface area (Å²) >= 11 is 0. The van der Waals surface area contributed by atoms with Gasteiger partial charge < -0.3 is 26.1 Å². The largest absolute Gasteiger partial charge is 0.451 e. The number of anilines is 1. The zero-order valence-electron chi connectivity index (χ0n) is 20.9. The zero-order chi connectivity index (χ0) is 28.6. The molecule has 0 saturated carbocycles. The number of hydrogen-bond donors (Lipinski definition) is 4. The van der Waals surface area contributed by atoms with E-state index in [9.17, 15) is 23.6 Å². The number of carbonyl (C=O) groups is 4. The lowest BCUT2D eigenvalue weighted by Crippen LogP contribution is -2.21. The fraction of sp³-hybridized carbons (Fsp3) is 0.107. The molecule has 12 heteroatoms. The van der Waals surface area contributed by atoms with E-state index in [4.69, 9.17) is 10.5 Å². The quantitative estimate of drug-likeness (QED) is 0.261. The molecule has 0 aliphatic carbocycles. The fourth-order valence-electron chi connectivity index (χ4n) is 4.43. The van der Waals surface area contributed by atoms with E-state index in [1.807, 2.05) is 0 Å². The first-order valence-electron chi connectivity index (χ1n) is 12.0. The maximum absolute atomic E-state index is 15.3. The molecule has 3 amide bonds. The molecule has 1 aliphatic heterocycles. The lowest BCUT2D eigenvalue weighted by molar-refractivity contribution is -0.121. The number of fused-ring (bicyclic) bond motifs is 1. The van der Waals surface area contributed by atoms with Gasteiger partial charge in [0, 0.05) is 34.6 Å². The van der Waals surface area contributed by atoms with Gasteiger partial charge in [-0.3, -0.25) is 14.4 Å². The predicted octanol–water partition coefficient (Wildman–Crippen LogP) is 3.47. The van der Waals surface area contributed by atoms with Gasteiger partial charge in [0.2, 0.25) is 0 Å². The number of ether oxygens (including phenoxy) is 1. The molecule has 4 aromatic rings. The number of primary amides is 1. The Hall–Kier alpha value is -5.39. The van der Waals surface area contributed by atoms with Crippen molar-refractivity contribution in [1.82, 2.24) is 15.3 Å². The number of imidazole rings is 1. The van der Waals surface area contributed by atoms with Crippen molar-refractivity contribution in [2.75, 3.05) is 11.9 Å². The number of esters is 1. The normalized spacial score (nSPS) is 12.0. The number of aromatic nitrogens is 2. The van der Waals surface area contributed by atoms with Gasteiger partial charge in [0.1, 0.15) is 17.5 Å². The van der Waals surface area contributed by atoms with Gasteiger partial charge in [0.05, 0.1) is 5.56 Å². The second kappa shape index (κ2) is 10.4. The second-order valence-electron chi connectivity index (χ2n) is 8.96. The molecular formula is C28H21F2N5O5. The van der Waals surface area contributed by atoms with E-state index in [-0.39, 0.29) is 40.4 Å². The number of aryl methyl sites for hydroxylation is 1. The van der Waals surface area contributed by atoms with E-state index in [2.05, 4.69) is 20.6 Å². The van der Waals surface area contributed by atoms with Crippen LogP contribution in [0.3, 0.4) is 0 Å². The van der Waals surface area contributed by atoms with Gasteiger partial charge >= 0.3 is 5.97 Å². The average molecular weight is 546 g/mol. The molecule has 0 spiro atoms. The van der Waals surface area contributed by atoms with Crippen LogP contribution in [0, 0.1) is 18.6 Å². The first kappa shape index (κ1) is 26.2. The Labute approximate surface area is 225 Å². The van der Waals surface area contributed by atoms with Crippen molar-refractivity contribution in [3.63, 3.8) is 0 Å². The highest BCUT2D eigenvalue weighted by atomic mass is 19.1. The number of rotatable bonds is 7. The Morgan fingerprint density at radius 1 is 1.05 bits per heavy atom. The highest BCUT2D eigenvalue weighted by Gasteiger charge is 2.29. The summed E-state index contributed by atoms with van der Waals surface area (Å²) in [5, 5.41) is 5.27. The molecule has 40 heavy (non-hydrogen) atoms. The number of nitrogens with two attached hydrogens (primary N) is 1. The average Bonchev–Trinajstić information content (AvgIpc) is 3.50. The lowest BCUT2D eigenvalue weighted by Gasteiger charge is -2.13. The number of amides is 3. The molecule has 0 saturated heterocycles. The number of nitrogens with zero attached hydrogens (tertiary/aromatic N) is 1. The Balaban J connectivity index is 1.46. The molecule has 2 heterocycles. The van der Waals surface area contributed by atoms with E-state index in [1.165, 1.54) is 30.3 Å². The molecule has 0 bridgehead atoms. The van der Waals surface area contributed by atoms with Crippen LogP contribution in [0.5, 0.6) is 0 Å². The summed E-state index contributed by atoms with van der Waals surface area (Å²) < 4.78 is 33.6. The Bertz CT molecular complexity index is 1720. The number of hydrogen-bond acceptors (Lipinski definition) is 6. The predicted molar refractivity (Wildman–Crippen MR) is 139 cm³/mol. The van der Waals surface area contributed by atoms with Crippen molar-refractivity contribution in [1.29, 1.82) is 0 Å². The monoisotopic (exact) mass is 545 g/mol. The summed E-state index contributed by atoms with van der Waals surface area (Å²) in [6.07, 6.45) is 0. The van der Waals surface area contributed by atoms with E-state index in [0.29, 0.717) is 22.4 Å². The van der Waals surface area contributed by atoms with Crippen molar-refractivity contribution >= 4 is 29.4 Å². The van der Waals surface area contributed by atoms with Crippen LogP contribution in [0.2, 0.25) is 0 Å². The molecule has 3 aromatic carbocycles. The zero-order valence-corrected chi connectivity index (χ0v) is 20.9. The molecule has 0 radical (unpaired) electrons. The van der Waals surface area contributed by atoms with Crippen molar-refractivity contribution < 1.29 is 32.7 Å².